The van der Waals surface area contributed by atoms with Gasteiger partial charge in [0, 0.05) is 42.5 Å². The molecular formula is C7H15IN2O. The Hall–Kier alpha value is 0.610. The van der Waals surface area contributed by atoms with E-state index >= 15 is 0 Å². The van der Waals surface area contributed by atoms with E-state index in [1.54, 1.807) is 0 Å². The molecule has 0 spiro atoms. The van der Waals surface area contributed by atoms with Gasteiger partial charge in [0.1, 0.15) is 0 Å². The lowest BCUT2D eigenvalue weighted by Gasteiger charge is -2.26. The maximum Gasteiger partial charge on any atom is 0.0594 e. The first-order chi connectivity index (χ1) is 5.43. The highest BCUT2D eigenvalue weighted by atomic mass is 127. The van der Waals surface area contributed by atoms with Crippen LogP contribution in [0.3, 0.4) is 0 Å². The van der Waals surface area contributed by atoms with E-state index in [2.05, 4.69) is 31.3 Å². The van der Waals surface area contributed by atoms with Gasteiger partial charge in [-0.05, 0) is 13.0 Å². The van der Waals surface area contributed by atoms with Crippen LogP contribution in [0.5, 0.6) is 0 Å². The second-order valence-electron chi connectivity index (χ2n) is 2.69. The zero-order valence-electron chi connectivity index (χ0n) is 6.68. The molecule has 0 aromatic rings. The Morgan fingerprint density at radius 3 is 2.73 bits per heavy atom. The Kier molecular flexibility index (Phi) is 5.43. The zero-order chi connectivity index (χ0) is 7.94. The molecule has 66 valence electrons. The van der Waals surface area contributed by atoms with Crippen LogP contribution in [0.1, 0.15) is 6.42 Å². The number of hydrogen-bond donors (Lipinski definition) is 1. The Morgan fingerprint density at radius 2 is 2.09 bits per heavy atom. The monoisotopic (exact) mass is 270 g/mol. The molecule has 11 heavy (non-hydrogen) atoms. The van der Waals surface area contributed by atoms with E-state index in [0.29, 0.717) is 0 Å². The van der Waals surface area contributed by atoms with Crippen molar-refractivity contribution < 1.29 is 4.74 Å². The average Bonchev–Trinajstić information content (AvgIpc) is 2.07. The van der Waals surface area contributed by atoms with Crippen LogP contribution in [0.4, 0.5) is 0 Å². The van der Waals surface area contributed by atoms with Crippen LogP contribution in [0.25, 0.3) is 0 Å². The van der Waals surface area contributed by atoms with Gasteiger partial charge >= 0.3 is 0 Å². The van der Waals surface area contributed by atoms with Gasteiger partial charge < -0.3 is 4.74 Å². The van der Waals surface area contributed by atoms with Gasteiger partial charge in [0.15, 0.2) is 0 Å². The quantitative estimate of drug-likeness (QED) is 0.461. The van der Waals surface area contributed by atoms with E-state index in [-0.39, 0.29) is 0 Å². The normalized spacial score (nSPS) is 20.5. The Bertz CT molecular complexity index is 96.4. The molecule has 0 radical (unpaired) electrons. The summed E-state index contributed by atoms with van der Waals surface area (Å²) in [5.74, 6) is 0. The molecule has 1 aliphatic rings. The van der Waals surface area contributed by atoms with Gasteiger partial charge in [-0.25, -0.2) is 0 Å². The molecular weight excluding hydrogens is 255 g/mol. The maximum atomic E-state index is 5.25. The number of morpholine rings is 1. The minimum atomic E-state index is 0.914. The molecule has 0 amide bonds. The molecule has 1 aliphatic heterocycles. The smallest absolute Gasteiger partial charge is 0.0594 e. The number of ether oxygens (including phenoxy) is 1. The Balaban J connectivity index is 1.96. The van der Waals surface area contributed by atoms with E-state index in [1.165, 1.54) is 13.0 Å². The molecule has 1 fully saturated rings. The molecule has 1 N–H and O–H groups in total. The van der Waals surface area contributed by atoms with Crippen molar-refractivity contribution in [2.45, 2.75) is 6.42 Å². The fourth-order valence-corrected chi connectivity index (χ4v) is 1.58. The van der Waals surface area contributed by atoms with Crippen LogP contribution >= 0.6 is 22.9 Å². The van der Waals surface area contributed by atoms with Crippen molar-refractivity contribution in [2.24, 2.45) is 0 Å². The van der Waals surface area contributed by atoms with Crippen molar-refractivity contribution in [1.82, 2.24) is 8.43 Å². The first-order valence-electron chi connectivity index (χ1n) is 4.07. The van der Waals surface area contributed by atoms with E-state index < -0.39 is 0 Å². The SMILES string of the molecule is INCCCN1CCOCC1. The molecule has 0 atom stereocenters. The standard InChI is InChI=1S/C7H15IN2O/c8-9-2-1-3-10-4-6-11-7-5-10/h9H,1-7H2. The number of nitrogens with one attached hydrogen (secondary N) is 1. The van der Waals surface area contributed by atoms with Gasteiger partial charge in [-0.15, -0.1) is 0 Å². The van der Waals surface area contributed by atoms with Gasteiger partial charge in [-0.1, -0.05) is 0 Å². The summed E-state index contributed by atoms with van der Waals surface area (Å²) in [6.45, 7) is 6.37. The topological polar surface area (TPSA) is 24.5 Å². The minimum absolute atomic E-state index is 0.914. The molecule has 1 saturated heterocycles. The molecule has 0 unspecified atom stereocenters. The molecule has 0 aromatic heterocycles. The Morgan fingerprint density at radius 1 is 1.36 bits per heavy atom. The van der Waals surface area contributed by atoms with Gasteiger partial charge in [0.25, 0.3) is 0 Å². The van der Waals surface area contributed by atoms with Crippen LogP contribution in [0.15, 0.2) is 0 Å². The first-order valence-corrected chi connectivity index (χ1v) is 5.15. The van der Waals surface area contributed by atoms with Crippen molar-refractivity contribution in [3.8, 4) is 0 Å². The van der Waals surface area contributed by atoms with Crippen LogP contribution in [0, 0.1) is 0 Å². The van der Waals surface area contributed by atoms with Gasteiger partial charge in [-0.3, -0.25) is 8.43 Å². The number of nitrogens with zero attached hydrogens (tertiary/aromatic N) is 1. The third-order valence-corrected chi connectivity index (χ3v) is 2.39. The molecule has 0 aliphatic carbocycles. The minimum Gasteiger partial charge on any atom is -0.379 e. The van der Waals surface area contributed by atoms with Crippen molar-refractivity contribution in [3.05, 3.63) is 0 Å². The summed E-state index contributed by atoms with van der Waals surface area (Å²) in [7, 11) is 0. The molecule has 4 heteroatoms. The number of hydrogen-bond acceptors (Lipinski definition) is 3. The van der Waals surface area contributed by atoms with E-state index in [1.807, 2.05) is 0 Å². The maximum absolute atomic E-state index is 5.25. The van der Waals surface area contributed by atoms with Gasteiger partial charge in [0.05, 0.1) is 13.2 Å². The van der Waals surface area contributed by atoms with Crippen molar-refractivity contribution in [3.63, 3.8) is 0 Å². The third kappa shape index (κ3) is 4.25. The summed E-state index contributed by atoms with van der Waals surface area (Å²) < 4.78 is 8.37. The van der Waals surface area contributed by atoms with Crippen molar-refractivity contribution in [1.29, 1.82) is 0 Å². The summed E-state index contributed by atoms with van der Waals surface area (Å²) in [5.41, 5.74) is 0. The summed E-state index contributed by atoms with van der Waals surface area (Å²) in [6, 6.07) is 0. The molecule has 1 rings (SSSR count). The largest absolute Gasteiger partial charge is 0.379 e. The zero-order valence-corrected chi connectivity index (χ0v) is 8.84. The van der Waals surface area contributed by atoms with Crippen LogP contribution < -0.4 is 3.53 Å². The van der Waals surface area contributed by atoms with Crippen LogP contribution in [0.2, 0.25) is 0 Å². The predicted octanol–water partition coefficient (Wildman–Crippen LogP) is 0.648. The highest BCUT2D eigenvalue weighted by Gasteiger charge is 2.08. The fraction of sp³-hybridized carbons (Fsp3) is 1.00. The summed E-state index contributed by atoms with van der Waals surface area (Å²) in [6.07, 6.45) is 1.24. The van der Waals surface area contributed by atoms with Crippen molar-refractivity contribution >= 4 is 22.9 Å². The van der Waals surface area contributed by atoms with Crippen LogP contribution in [-0.4, -0.2) is 44.3 Å². The predicted molar refractivity (Wildman–Crippen MR) is 53.9 cm³/mol. The number of rotatable bonds is 4. The fourth-order valence-electron chi connectivity index (χ4n) is 1.19. The highest BCUT2D eigenvalue weighted by Crippen LogP contribution is 1.97. The van der Waals surface area contributed by atoms with E-state index in [9.17, 15) is 0 Å². The summed E-state index contributed by atoms with van der Waals surface area (Å²) in [5, 5.41) is 0. The third-order valence-electron chi connectivity index (χ3n) is 1.85. The lowest BCUT2D eigenvalue weighted by Crippen LogP contribution is -2.37. The van der Waals surface area contributed by atoms with E-state index in [0.717, 1.165) is 32.8 Å². The highest BCUT2D eigenvalue weighted by molar-refractivity contribution is 14.1. The number of halogens is 1. The molecule has 3 nitrogen and oxygen atoms in total. The molecule has 0 bridgehead atoms. The second kappa shape index (κ2) is 6.16. The van der Waals surface area contributed by atoms with Crippen molar-refractivity contribution in [2.75, 3.05) is 39.4 Å². The average molecular weight is 270 g/mol. The lowest BCUT2D eigenvalue weighted by molar-refractivity contribution is 0.0376. The molecule has 1 heterocycles. The van der Waals surface area contributed by atoms with Crippen LogP contribution in [-0.2, 0) is 4.74 Å². The summed E-state index contributed by atoms with van der Waals surface area (Å²) in [4.78, 5) is 2.46. The molecule has 0 aromatic carbocycles. The summed E-state index contributed by atoms with van der Waals surface area (Å²) >= 11 is 2.19. The first kappa shape index (κ1) is 9.70. The van der Waals surface area contributed by atoms with E-state index in [4.69, 9.17) is 4.74 Å². The van der Waals surface area contributed by atoms with Gasteiger partial charge in [-0.2, -0.15) is 0 Å². The van der Waals surface area contributed by atoms with Gasteiger partial charge in [0.2, 0.25) is 0 Å². The Labute approximate surface area is 82.0 Å². The lowest BCUT2D eigenvalue weighted by atomic mass is 10.3. The second-order valence-corrected chi connectivity index (χ2v) is 3.45. The molecule has 0 saturated carbocycles.